The van der Waals surface area contributed by atoms with E-state index in [9.17, 15) is 9.18 Å². The smallest absolute Gasteiger partial charge is 0.248 e. The molecule has 0 bridgehead atoms. The van der Waals surface area contributed by atoms with Gasteiger partial charge in [-0.25, -0.2) is 4.39 Å². The lowest BCUT2D eigenvalue weighted by molar-refractivity contribution is -0.111. The minimum atomic E-state index is -0.356. The maximum Gasteiger partial charge on any atom is 0.248 e. The summed E-state index contributed by atoms with van der Waals surface area (Å²) in [6, 6.07) is 12.2. The first kappa shape index (κ1) is 18.9. The van der Waals surface area contributed by atoms with E-state index in [2.05, 4.69) is 5.32 Å². The van der Waals surface area contributed by atoms with Gasteiger partial charge in [-0.1, -0.05) is 12.1 Å². The number of carbonyl (C=O) groups excluding carboxylic acids is 1. The van der Waals surface area contributed by atoms with Gasteiger partial charge in [0.15, 0.2) is 0 Å². The molecule has 1 amide bonds. The van der Waals surface area contributed by atoms with Crippen LogP contribution in [-0.2, 0) is 9.53 Å². The fourth-order valence-electron chi connectivity index (χ4n) is 2.84. The number of nitrogens with zero attached hydrogens (tertiary/aromatic N) is 1. The van der Waals surface area contributed by atoms with E-state index in [1.807, 2.05) is 36.1 Å². The molecule has 142 valence electrons. The Kier molecular flexibility index (Phi) is 6.44. The van der Waals surface area contributed by atoms with Crippen molar-refractivity contribution in [2.24, 2.45) is 0 Å². The first-order valence-corrected chi connectivity index (χ1v) is 9.00. The summed E-state index contributed by atoms with van der Waals surface area (Å²) in [6.07, 6.45) is 3.12. The lowest BCUT2D eigenvalue weighted by Gasteiger charge is -2.29. The fraction of sp³-hybridized carbons (Fsp3) is 0.286. The Hall–Kier alpha value is -2.86. The van der Waals surface area contributed by atoms with Crippen molar-refractivity contribution in [1.82, 2.24) is 0 Å². The van der Waals surface area contributed by atoms with Gasteiger partial charge in [0, 0.05) is 24.9 Å². The molecule has 2 aromatic rings. The van der Waals surface area contributed by atoms with Crippen LogP contribution in [0.1, 0.15) is 12.5 Å². The number of ether oxygens (including phenoxy) is 2. The average molecular weight is 370 g/mol. The van der Waals surface area contributed by atoms with Gasteiger partial charge in [-0.2, -0.15) is 0 Å². The monoisotopic (exact) mass is 370 g/mol. The molecule has 5 nitrogen and oxygen atoms in total. The van der Waals surface area contributed by atoms with Crippen molar-refractivity contribution in [1.29, 1.82) is 0 Å². The van der Waals surface area contributed by atoms with Gasteiger partial charge in [0.2, 0.25) is 5.91 Å². The topological polar surface area (TPSA) is 50.8 Å². The largest absolute Gasteiger partial charge is 0.494 e. The third kappa shape index (κ3) is 5.31. The Balaban J connectivity index is 1.59. The summed E-state index contributed by atoms with van der Waals surface area (Å²) in [4.78, 5) is 14.0. The van der Waals surface area contributed by atoms with E-state index in [4.69, 9.17) is 9.47 Å². The highest BCUT2D eigenvalue weighted by Gasteiger charge is 2.15. The Morgan fingerprint density at radius 3 is 2.63 bits per heavy atom. The number of hydrogen-bond donors (Lipinski definition) is 1. The van der Waals surface area contributed by atoms with Crippen LogP contribution in [0, 0.1) is 5.82 Å². The van der Waals surface area contributed by atoms with E-state index >= 15 is 0 Å². The van der Waals surface area contributed by atoms with Crippen LogP contribution in [0.15, 0.2) is 48.5 Å². The molecular weight excluding hydrogens is 347 g/mol. The quantitative estimate of drug-likeness (QED) is 0.788. The Morgan fingerprint density at radius 1 is 1.22 bits per heavy atom. The molecule has 1 heterocycles. The molecule has 0 aromatic heterocycles. The highest BCUT2D eigenvalue weighted by Crippen LogP contribution is 2.23. The van der Waals surface area contributed by atoms with Crippen molar-refractivity contribution < 1.29 is 18.7 Å². The second-order valence-electron chi connectivity index (χ2n) is 6.09. The number of morpholine rings is 1. The Morgan fingerprint density at radius 2 is 1.96 bits per heavy atom. The van der Waals surface area contributed by atoms with Crippen LogP contribution in [0.3, 0.4) is 0 Å². The van der Waals surface area contributed by atoms with Crippen molar-refractivity contribution >= 4 is 23.4 Å². The van der Waals surface area contributed by atoms with Crippen LogP contribution in [-0.4, -0.2) is 38.8 Å². The molecule has 0 spiro atoms. The summed E-state index contributed by atoms with van der Waals surface area (Å²) < 4.78 is 25.0. The fourth-order valence-corrected chi connectivity index (χ4v) is 2.84. The third-order valence-corrected chi connectivity index (χ3v) is 4.19. The van der Waals surface area contributed by atoms with E-state index in [-0.39, 0.29) is 11.7 Å². The molecule has 1 fully saturated rings. The first-order chi connectivity index (χ1) is 13.2. The number of benzene rings is 2. The Bertz CT molecular complexity index is 800. The van der Waals surface area contributed by atoms with E-state index < -0.39 is 0 Å². The van der Waals surface area contributed by atoms with E-state index in [0.717, 1.165) is 11.3 Å². The van der Waals surface area contributed by atoms with Gasteiger partial charge in [0.25, 0.3) is 0 Å². The number of carbonyl (C=O) groups is 1. The van der Waals surface area contributed by atoms with Crippen LogP contribution in [0.25, 0.3) is 6.08 Å². The van der Waals surface area contributed by atoms with Crippen molar-refractivity contribution in [2.75, 3.05) is 43.1 Å². The van der Waals surface area contributed by atoms with Gasteiger partial charge in [-0.15, -0.1) is 0 Å². The standard InChI is InChI=1S/C21H23FN2O3/c1-2-27-18-7-3-16(4-8-18)5-10-21(25)23-17-6-9-20(19(22)15-17)24-11-13-26-14-12-24/h3-10,15H,2,11-14H2,1H3,(H,23,25)/b10-5+. The van der Waals surface area contributed by atoms with Gasteiger partial charge < -0.3 is 19.7 Å². The van der Waals surface area contributed by atoms with Gasteiger partial charge in [-0.05, 0) is 48.9 Å². The van der Waals surface area contributed by atoms with E-state index in [0.29, 0.717) is 44.3 Å². The summed E-state index contributed by atoms with van der Waals surface area (Å²) in [5.41, 5.74) is 1.83. The molecule has 0 saturated carbocycles. The summed E-state index contributed by atoms with van der Waals surface area (Å²) >= 11 is 0. The van der Waals surface area contributed by atoms with Crippen molar-refractivity contribution in [3.63, 3.8) is 0 Å². The average Bonchev–Trinajstić information content (AvgIpc) is 2.68. The minimum absolute atomic E-state index is 0.317. The number of anilines is 2. The summed E-state index contributed by atoms with van der Waals surface area (Å²) in [7, 11) is 0. The molecule has 27 heavy (non-hydrogen) atoms. The second kappa shape index (κ2) is 9.19. The van der Waals surface area contributed by atoms with Crippen LogP contribution in [0.4, 0.5) is 15.8 Å². The zero-order valence-electron chi connectivity index (χ0n) is 15.3. The van der Waals surface area contributed by atoms with Crippen molar-refractivity contribution in [2.45, 2.75) is 6.92 Å². The molecule has 1 aliphatic rings. The second-order valence-corrected chi connectivity index (χ2v) is 6.09. The SMILES string of the molecule is CCOc1ccc(/C=C/C(=O)Nc2ccc(N3CCOCC3)c(F)c2)cc1. The molecule has 3 rings (SSSR count). The maximum atomic E-state index is 14.4. The number of nitrogens with one attached hydrogen (secondary N) is 1. The van der Waals surface area contributed by atoms with E-state index in [1.165, 1.54) is 12.1 Å². The molecule has 1 saturated heterocycles. The van der Waals surface area contributed by atoms with Crippen molar-refractivity contribution in [3.8, 4) is 5.75 Å². The molecular formula is C21H23FN2O3. The third-order valence-electron chi connectivity index (χ3n) is 4.19. The predicted molar refractivity (Wildman–Crippen MR) is 105 cm³/mol. The molecule has 1 aliphatic heterocycles. The Labute approximate surface area is 158 Å². The van der Waals surface area contributed by atoms with Crippen LogP contribution >= 0.6 is 0 Å². The van der Waals surface area contributed by atoms with Crippen LogP contribution < -0.4 is 15.0 Å². The van der Waals surface area contributed by atoms with Crippen LogP contribution in [0.5, 0.6) is 5.75 Å². The lowest BCUT2D eigenvalue weighted by atomic mass is 10.2. The summed E-state index contributed by atoms with van der Waals surface area (Å²) in [5.74, 6) is 0.113. The molecule has 0 radical (unpaired) electrons. The zero-order valence-corrected chi connectivity index (χ0v) is 15.3. The van der Waals surface area contributed by atoms with E-state index in [1.54, 1.807) is 18.2 Å². The first-order valence-electron chi connectivity index (χ1n) is 9.00. The molecule has 0 aliphatic carbocycles. The lowest BCUT2D eigenvalue weighted by Crippen LogP contribution is -2.36. The molecule has 1 N–H and O–H groups in total. The number of halogens is 1. The normalized spacial score (nSPS) is 14.4. The molecule has 2 aromatic carbocycles. The minimum Gasteiger partial charge on any atom is -0.494 e. The number of amides is 1. The highest BCUT2D eigenvalue weighted by molar-refractivity contribution is 6.02. The van der Waals surface area contributed by atoms with Gasteiger partial charge >= 0.3 is 0 Å². The van der Waals surface area contributed by atoms with Gasteiger partial charge in [0.1, 0.15) is 11.6 Å². The molecule has 0 unspecified atom stereocenters. The predicted octanol–water partition coefficient (Wildman–Crippen LogP) is 3.71. The summed E-state index contributed by atoms with van der Waals surface area (Å²) in [6.45, 7) is 5.04. The zero-order chi connectivity index (χ0) is 19.1. The molecule has 0 atom stereocenters. The van der Waals surface area contributed by atoms with Gasteiger partial charge in [-0.3, -0.25) is 4.79 Å². The van der Waals surface area contributed by atoms with Crippen LogP contribution in [0.2, 0.25) is 0 Å². The summed E-state index contributed by atoms with van der Waals surface area (Å²) in [5, 5.41) is 2.68. The number of rotatable bonds is 6. The maximum absolute atomic E-state index is 14.4. The van der Waals surface area contributed by atoms with Gasteiger partial charge in [0.05, 0.1) is 25.5 Å². The number of hydrogen-bond acceptors (Lipinski definition) is 4. The van der Waals surface area contributed by atoms with Crippen molar-refractivity contribution in [3.05, 3.63) is 59.9 Å². The molecule has 6 heteroatoms. The highest BCUT2D eigenvalue weighted by atomic mass is 19.1.